The zero-order chi connectivity index (χ0) is 13.5. The molecule has 4 heteroatoms. The second-order valence-electron chi connectivity index (χ2n) is 4.78. The Morgan fingerprint density at radius 3 is 2.67 bits per heavy atom. The third kappa shape index (κ3) is 4.42. The number of hydrogen-bond donors (Lipinski definition) is 1. The zero-order valence-corrected chi connectivity index (χ0v) is 12.0. The topological polar surface area (TPSA) is 47.3 Å². The number of aromatic nitrogens is 2. The van der Waals surface area contributed by atoms with Crippen LogP contribution in [-0.4, -0.2) is 34.2 Å². The number of methoxy groups -OCH3 is 1. The molecule has 0 fully saturated rings. The number of rotatable bonds is 8. The number of nitrogens with zero attached hydrogens (tertiary/aromatic N) is 2. The van der Waals surface area contributed by atoms with Gasteiger partial charge in [-0.25, -0.2) is 0 Å². The van der Waals surface area contributed by atoms with Crippen LogP contribution >= 0.6 is 0 Å². The number of aliphatic hydroxyl groups is 1. The van der Waals surface area contributed by atoms with Crippen LogP contribution < -0.4 is 0 Å². The standard InChI is InChI=1S/C14H26N2O2/c1-5-12-9-13(16(6-2)15-12)10-14(17)8-7-11(3)18-4/h9,11,14,17H,5-8,10H2,1-4H3. The van der Waals surface area contributed by atoms with Crippen molar-refractivity contribution in [3.8, 4) is 0 Å². The van der Waals surface area contributed by atoms with Gasteiger partial charge in [-0.3, -0.25) is 4.68 Å². The molecule has 0 amide bonds. The third-order valence-electron chi connectivity index (χ3n) is 3.33. The van der Waals surface area contributed by atoms with E-state index < -0.39 is 0 Å². The quantitative estimate of drug-likeness (QED) is 0.773. The molecule has 104 valence electrons. The second kappa shape index (κ2) is 7.54. The molecule has 2 atom stereocenters. The highest BCUT2D eigenvalue weighted by molar-refractivity contribution is 5.11. The number of hydrogen-bond acceptors (Lipinski definition) is 3. The van der Waals surface area contributed by atoms with Crippen LogP contribution in [0.25, 0.3) is 0 Å². The van der Waals surface area contributed by atoms with Crippen molar-refractivity contribution in [2.24, 2.45) is 0 Å². The summed E-state index contributed by atoms with van der Waals surface area (Å²) >= 11 is 0. The van der Waals surface area contributed by atoms with E-state index in [9.17, 15) is 5.11 Å². The molecular weight excluding hydrogens is 228 g/mol. The Hall–Kier alpha value is -0.870. The Balaban J connectivity index is 2.52. The maximum absolute atomic E-state index is 10.1. The van der Waals surface area contributed by atoms with Gasteiger partial charge in [0, 0.05) is 25.8 Å². The summed E-state index contributed by atoms with van der Waals surface area (Å²) in [6.45, 7) is 7.06. The van der Waals surface area contributed by atoms with Gasteiger partial charge in [0.15, 0.2) is 0 Å². The van der Waals surface area contributed by atoms with E-state index in [2.05, 4.69) is 25.0 Å². The molecule has 0 aliphatic heterocycles. The smallest absolute Gasteiger partial charge is 0.0624 e. The highest BCUT2D eigenvalue weighted by Crippen LogP contribution is 2.12. The van der Waals surface area contributed by atoms with Gasteiger partial charge >= 0.3 is 0 Å². The first kappa shape index (κ1) is 15.2. The summed E-state index contributed by atoms with van der Waals surface area (Å²) in [5, 5.41) is 14.5. The van der Waals surface area contributed by atoms with E-state index in [4.69, 9.17) is 4.74 Å². The first-order valence-corrected chi connectivity index (χ1v) is 6.87. The minimum Gasteiger partial charge on any atom is -0.393 e. The maximum Gasteiger partial charge on any atom is 0.0624 e. The van der Waals surface area contributed by atoms with Crippen LogP contribution in [0.3, 0.4) is 0 Å². The average molecular weight is 254 g/mol. The van der Waals surface area contributed by atoms with Crippen molar-refractivity contribution in [3.05, 3.63) is 17.5 Å². The van der Waals surface area contributed by atoms with Crippen LogP contribution in [0.15, 0.2) is 6.07 Å². The summed E-state index contributed by atoms with van der Waals surface area (Å²) in [6.07, 6.45) is 3.18. The molecule has 1 N–H and O–H groups in total. The van der Waals surface area contributed by atoms with Gasteiger partial charge < -0.3 is 9.84 Å². The fourth-order valence-corrected chi connectivity index (χ4v) is 2.01. The molecule has 1 rings (SSSR count). The fourth-order valence-electron chi connectivity index (χ4n) is 2.01. The molecular formula is C14H26N2O2. The van der Waals surface area contributed by atoms with Crippen LogP contribution in [0, 0.1) is 0 Å². The molecule has 0 spiro atoms. The van der Waals surface area contributed by atoms with Crippen molar-refractivity contribution in [3.63, 3.8) is 0 Å². The van der Waals surface area contributed by atoms with Gasteiger partial charge in [-0.15, -0.1) is 0 Å². The van der Waals surface area contributed by atoms with Crippen molar-refractivity contribution in [2.45, 2.75) is 65.2 Å². The van der Waals surface area contributed by atoms with Gasteiger partial charge in [0.25, 0.3) is 0 Å². The summed E-state index contributed by atoms with van der Waals surface area (Å²) in [4.78, 5) is 0. The van der Waals surface area contributed by atoms with Gasteiger partial charge in [0.1, 0.15) is 0 Å². The Morgan fingerprint density at radius 1 is 1.39 bits per heavy atom. The molecule has 0 aromatic carbocycles. The summed E-state index contributed by atoms with van der Waals surface area (Å²) in [7, 11) is 1.71. The lowest BCUT2D eigenvalue weighted by Gasteiger charge is -2.14. The molecule has 0 radical (unpaired) electrons. The van der Waals surface area contributed by atoms with Gasteiger partial charge in [0.05, 0.1) is 17.9 Å². The van der Waals surface area contributed by atoms with Crippen LogP contribution in [0.5, 0.6) is 0 Å². The van der Waals surface area contributed by atoms with Crippen molar-refractivity contribution in [2.75, 3.05) is 7.11 Å². The predicted molar refractivity (Wildman–Crippen MR) is 72.7 cm³/mol. The Morgan fingerprint density at radius 2 is 2.11 bits per heavy atom. The zero-order valence-electron chi connectivity index (χ0n) is 12.0. The fraction of sp³-hybridized carbons (Fsp3) is 0.786. The monoisotopic (exact) mass is 254 g/mol. The van der Waals surface area contributed by atoms with Crippen molar-refractivity contribution in [1.29, 1.82) is 0 Å². The SMILES string of the molecule is CCc1cc(CC(O)CCC(C)OC)n(CC)n1. The first-order valence-electron chi connectivity index (χ1n) is 6.87. The molecule has 0 saturated carbocycles. The van der Waals surface area contributed by atoms with Gasteiger partial charge in [-0.1, -0.05) is 6.92 Å². The van der Waals surface area contributed by atoms with E-state index in [1.807, 2.05) is 11.6 Å². The molecule has 0 saturated heterocycles. The average Bonchev–Trinajstić information content (AvgIpc) is 2.78. The summed E-state index contributed by atoms with van der Waals surface area (Å²) < 4.78 is 7.18. The van der Waals surface area contributed by atoms with E-state index in [1.165, 1.54) is 0 Å². The van der Waals surface area contributed by atoms with E-state index in [0.717, 1.165) is 37.2 Å². The molecule has 4 nitrogen and oxygen atoms in total. The normalized spacial score (nSPS) is 14.7. The Bertz CT molecular complexity index is 350. The molecule has 1 heterocycles. The van der Waals surface area contributed by atoms with Crippen LogP contribution in [0.2, 0.25) is 0 Å². The molecule has 18 heavy (non-hydrogen) atoms. The van der Waals surface area contributed by atoms with Gasteiger partial charge in [-0.2, -0.15) is 5.10 Å². The minimum atomic E-state index is -0.311. The van der Waals surface area contributed by atoms with Crippen LogP contribution in [0.4, 0.5) is 0 Å². The molecule has 2 unspecified atom stereocenters. The lowest BCUT2D eigenvalue weighted by atomic mass is 10.1. The highest BCUT2D eigenvalue weighted by atomic mass is 16.5. The number of aliphatic hydroxyl groups excluding tert-OH is 1. The maximum atomic E-state index is 10.1. The van der Waals surface area contributed by atoms with Crippen LogP contribution in [-0.2, 0) is 24.1 Å². The van der Waals surface area contributed by atoms with E-state index in [-0.39, 0.29) is 12.2 Å². The minimum absolute atomic E-state index is 0.210. The summed E-state index contributed by atoms with van der Waals surface area (Å²) in [6, 6.07) is 2.10. The lowest BCUT2D eigenvalue weighted by molar-refractivity contribution is 0.0846. The van der Waals surface area contributed by atoms with E-state index in [1.54, 1.807) is 7.11 Å². The Labute approximate surface area is 110 Å². The number of aryl methyl sites for hydroxylation is 2. The van der Waals surface area contributed by atoms with Crippen molar-refractivity contribution < 1.29 is 9.84 Å². The van der Waals surface area contributed by atoms with Gasteiger partial charge in [-0.05, 0) is 39.2 Å². The molecule has 1 aromatic heterocycles. The summed E-state index contributed by atoms with van der Waals surface area (Å²) in [5.41, 5.74) is 2.23. The van der Waals surface area contributed by atoms with Crippen LogP contribution in [0.1, 0.15) is 45.0 Å². The van der Waals surface area contributed by atoms with E-state index in [0.29, 0.717) is 6.42 Å². The predicted octanol–water partition coefficient (Wildman–Crippen LogP) is 2.18. The van der Waals surface area contributed by atoms with Crippen molar-refractivity contribution >= 4 is 0 Å². The second-order valence-corrected chi connectivity index (χ2v) is 4.78. The molecule has 0 bridgehead atoms. The largest absolute Gasteiger partial charge is 0.393 e. The molecule has 1 aromatic rings. The highest BCUT2D eigenvalue weighted by Gasteiger charge is 2.12. The first-order chi connectivity index (χ1) is 8.60. The lowest BCUT2D eigenvalue weighted by Crippen LogP contribution is -2.17. The molecule has 0 aliphatic carbocycles. The number of ether oxygens (including phenoxy) is 1. The molecule has 0 aliphatic rings. The third-order valence-corrected chi connectivity index (χ3v) is 3.33. The Kier molecular flexibility index (Phi) is 6.36. The van der Waals surface area contributed by atoms with Gasteiger partial charge in [0.2, 0.25) is 0 Å². The van der Waals surface area contributed by atoms with E-state index >= 15 is 0 Å². The summed E-state index contributed by atoms with van der Waals surface area (Å²) in [5.74, 6) is 0. The van der Waals surface area contributed by atoms with Crippen molar-refractivity contribution in [1.82, 2.24) is 9.78 Å².